The Morgan fingerprint density at radius 3 is 2.39 bits per heavy atom. The largest absolute Gasteiger partial charge is 0.416 e. The molecule has 1 aliphatic heterocycles. The van der Waals surface area contributed by atoms with Crippen LogP contribution >= 0.6 is 0 Å². The first-order valence-corrected chi connectivity index (χ1v) is 10.4. The summed E-state index contributed by atoms with van der Waals surface area (Å²) < 4.78 is 40.4. The van der Waals surface area contributed by atoms with Crippen LogP contribution in [0.3, 0.4) is 0 Å². The second kappa shape index (κ2) is 9.70. The summed E-state index contributed by atoms with van der Waals surface area (Å²) in [5.74, 6) is -0.447. The van der Waals surface area contributed by atoms with Gasteiger partial charge in [0, 0.05) is 55.7 Å². The molecule has 8 heteroatoms. The minimum atomic E-state index is -4.49. The highest BCUT2D eigenvalue weighted by Crippen LogP contribution is 2.32. The number of nitrogens with zero attached hydrogens (tertiary/aromatic N) is 2. The van der Waals surface area contributed by atoms with Crippen molar-refractivity contribution in [2.75, 3.05) is 43.9 Å². The van der Waals surface area contributed by atoms with Crippen LogP contribution in [0.25, 0.3) is 0 Å². The molecule has 0 atom stereocenters. The molecule has 31 heavy (non-hydrogen) atoms. The zero-order valence-corrected chi connectivity index (χ0v) is 18.1. The minimum Gasteiger partial charge on any atom is -0.383 e. The van der Waals surface area contributed by atoms with Gasteiger partial charge in [-0.15, -0.1) is 0 Å². The molecule has 0 unspecified atom stereocenters. The number of halogens is 3. The Morgan fingerprint density at radius 1 is 1.03 bits per heavy atom. The molecule has 0 spiro atoms. The Hall–Kier alpha value is -2.58. The van der Waals surface area contributed by atoms with E-state index in [4.69, 9.17) is 0 Å². The topological polar surface area (TPSA) is 47.6 Å². The average Bonchev–Trinajstić information content (AvgIpc) is 2.68. The van der Waals surface area contributed by atoms with E-state index in [9.17, 15) is 18.0 Å². The van der Waals surface area contributed by atoms with Crippen LogP contribution in [-0.2, 0) is 12.7 Å². The summed E-state index contributed by atoms with van der Waals surface area (Å²) in [6.07, 6.45) is -4.49. The number of carbonyl (C=O) groups is 1. The van der Waals surface area contributed by atoms with Crippen molar-refractivity contribution in [1.82, 2.24) is 9.80 Å². The maximum atomic E-state index is 13.5. The lowest BCUT2D eigenvalue weighted by molar-refractivity contribution is -0.137. The standard InChI is InChI=1S/C23H29F3N4O/c1-16(2)27-20-6-4-5-18(13-20)22(31)28-21-12-17(11-19(14-21)23(24,25)26)15-30-9-7-29(3)8-10-30/h4-6,11-14,16,27H,7-10,15H2,1-3H3,(H,28,31). The monoisotopic (exact) mass is 434 g/mol. The van der Waals surface area contributed by atoms with Crippen molar-refractivity contribution >= 4 is 17.3 Å². The van der Waals surface area contributed by atoms with Crippen LogP contribution in [-0.4, -0.2) is 55.0 Å². The Bertz CT molecular complexity index is 906. The first kappa shape index (κ1) is 23.1. The second-order valence-corrected chi connectivity index (χ2v) is 8.33. The summed E-state index contributed by atoms with van der Waals surface area (Å²) in [4.78, 5) is 17.0. The van der Waals surface area contributed by atoms with Crippen molar-refractivity contribution in [3.8, 4) is 0 Å². The highest BCUT2D eigenvalue weighted by molar-refractivity contribution is 6.04. The quantitative estimate of drug-likeness (QED) is 0.702. The van der Waals surface area contributed by atoms with Gasteiger partial charge in [-0.05, 0) is 62.9 Å². The molecule has 1 amide bonds. The van der Waals surface area contributed by atoms with E-state index in [1.54, 1.807) is 24.3 Å². The molecule has 0 bridgehead atoms. The number of benzene rings is 2. The fourth-order valence-corrected chi connectivity index (χ4v) is 3.57. The van der Waals surface area contributed by atoms with Gasteiger partial charge in [0.05, 0.1) is 5.56 Å². The van der Waals surface area contributed by atoms with Gasteiger partial charge in [-0.3, -0.25) is 9.69 Å². The Kier molecular flexibility index (Phi) is 7.23. The average molecular weight is 435 g/mol. The normalized spacial score (nSPS) is 15.8. The van der Waals surface area contributed by atoms with Crippen LogP contribution in [0.2, 0.25) is 0 Å². The summed E-state index contributed by atoms with van der Waals surface area (Å²) in [7, 11) is 2.03. The van der Waals surface area contributed by atoms with Gasteiger partial charge in [-0.2, -0.15) is 13.2 Å². The van der Waals surface area contributed by atoms with Gasteiger partial charge in [0.15, 0.2) is 0 Å². The zero-order valence-electron chi connectivity index (χ0n) is 18.1. The lowest BCUT2D eigenvalue weighted by Gasteiger charge is -2.32. The third-order valence-electron chi connectivity index (χ3n) is 5.16. The van der Waals surface area contributed by atoms with Crippen LogP contribution in [0.4, 0.5) is 24.5 Å². The molecule has 0 aliphatic carbocycles. The van der Waals surface area contributed by atoms with Crippen LogP contribution < -0.4 is 10.6 Å². The summed E-state index contributed by atoms with van der Waals surface area (Å²) >= 11 is 0. The van der Waals surface area contributed by atoms with E-state index < -0.39 is 17.6 Å². The molecular weight excluding hydrogens is 405 g/mol. The minimum absolute atomic E-state index is 0.145. The van der Waals surface area contributed by atoms with Gasteiger partial charge in [0.1, 0.15) is 0 Å². The summed E-state index contributed by atoms with van der Waals surface area (Å²) in [6, 6.07) is 10.9. The summed E-state index contributed by atoms with van der Waals surface area (Å²) in [6.45, 7) is 7.73. The molecule has 1 heterocycles. The molecule has 2 aromatic carbocycles. The van der Waals surface area contributed by atoms with Crippen molar-refractivity contribution in [2.24, 2.45) is 0 Å². The molecule has 2 aromatic rings. The summed E-state index contributed by atoms with van der Waals surface area (Å²) in [5, 5.41) is 5.86. The predicted molar refractivity (Wildman–Crippen MR) is 117 cm³/mol. The molecule has 168 valence electrons. The van der Waals surface area contributed by atoms with Gasteiger partial charge in [-0.1, -0.05) is 6.07 Å². The summed E-state index contributed by atoms with van der Waals surface area (Å²) in [5.41, 5.74) is 1.08. The van der Waals surface area contributed by atoms with Gasteiger partial charge in [0.2, 0.25) is 0 Å². The van der Waals surface area contributed by atoms with Crippen LogP contribution in [0.1, 0.15) is 35.3 Å². The number of anilines is 2. The number of hydrogen-bond acceptors (Lipinski definition) is 4. The highest BCUT2D eigenvalue weighted by Gasteiger charge is 2.31. The zero-order chi connectivity index (χ0) is 22.6. The van der Waals surface area contributed by atoms with Gasteiger partial charge in [0.25, 0.3) is 5.91 Å². The molecule has 1 saturated heterocycles. The lowest BCUT2D eigenvalue weighted by Crippen LogP contribution is -2.43. The number of nitrogens with one attached hydrogen (secondary N) is 2. The molecule has 1 aliphatic rings. The van der Waals surface area contributed by atoms with Crippen LogP contribution in [0, 0.1) is 0 Å². The second-order valence-electron chi connectivity index (χ2n) is 8.33. The van der Waals surface area contributed by atoms with Crippen LogP contribution in [0.5, 0.6) is 0 Å². The Morgan fingerprint density at radius 2 is 1.74 bits per heavy atom. The SMILES string of the molecule is CC(C)Nc1cccc(C(=O)Nc2cc(CN3CCN(C)CC3)cc(C(F)(F)F)c2)c1. The van der Waals surface area contributed by atoms with E-state index in [-0.39, 0.29) is 11.7 Å². The predicted octanol–water partition coefficient (Wildman–Crippen LogP) is 4.53. The number of hydrogen-bond donors (Lipinski definition) is 2. The maximum absolute atomic E-state index is 13.5. The number of likely N-dealkylation sites (N-methyl/N-ethyl adjacent to an activating group) is 1. The Labute approximate surface area is 181 Å². The fourth-order valence-electron chi connectivity index (χ4n) is 3.57. The van der Waals surface area contributed by atoms with Gasteiger partial charge in [-0.25, -0.2) is 0 Å². The molecule has 2 N–H and O–H groups in total. The van der Waals surface area contributed by atoms with E-state index in [2.05, 4.69) is 20.4 Å². The first-order chi connectivity index (χ1) is 14.6. The fraction of sp³-hybridized carbons (Fsp3) is 0.435. The van der Waals surface area contributed by atoms with Crippen molar-refractivity contribution in [3.05, 3.63) is 59.2 Å². The van der Waals surface area contributed by atoms with Gasteiger partial charge >= 0.3 is 6.18 Å². The van der Waals surface area contributed by atoms with E-state index in [0.29, 0.717) is 17.7 Å². The van der Waals surface area contributed by atoms with E-state index in [1.165, 1.54) is 6.07 Å². The van der Waals surface area contributed by atoms with Crippen molar-refractivity contribution in [2.45, 2.75) is 32.6 Å². The maximum Gasteiger partial charge on any atom is 0.416 e. The first-order valence-electron chi connectivity index (χ1n) is 10.4. The third-order valence-corrected chi connectivity index (χ3v) is 5.16. The molecule has 0 radical (unpaired) electrons. The number of piperazine rings is 1. The van der Waals surface area contributed by atoms with Crippen LogP contribution in [0.15, 0.2) is 42.5 Å². The molecule has 3 rings (SSSR count). The van der Waals surface area contributed by atoms with Crippen molar-refractivity contribution < 1.29 is 18.0 Å². The third kappa shape index (κ3) is 6.70. The van der Waals surface area contributed by atoms with E-state index in [0.717, 1.165) is 37.9 Å². The van der Waals surface area contributed by atoms with E-state index in [1.807, 2.05) is 27.0 Å². The van der Waals surface area contributed by atoms with Crippen molar-refractivity contribution in [1.29, 1.82) is 0 Å². The van der Waals surface area contributed by atoms with Gasteiger partial charge < -0.3 is 15.5 Å². The number of alkyl halides is 3. The lowest BCUT2D eigenvalue weighted by atomic mass is 10.1. The van der Waals surface area contributed by atoms with Crippen molar-refractivity contribution in [3.63, 3.8) is 0 Å². The molecule has 5 nitrogen and oxygen atoms in total. The Balaban J connectivity index is 1.80. The molecule has 0 saturated carbocycles. The highest BCUT2D eigenvalue weighted by atomic mass is 19.4. The number of carbonyl (C=O) groups excluding carboxylic acids is 1. The molecular formula is C23H29F3N4O. The number of rotatable bonds is 6. The smallest absolute Gasteiger partial charge is 0.383 e. The number of amides is 1. The van der Waals surface area contributed by atoms with E-state index >= 15 is 0 Å². The molecule has 1 fully saturated rings. The molecule has 0 aromatic heterocycles.